The van der Waals surface area contributed by atoms with Crippen LogP contribution in [0.25, 0.3) is 10.9 Å². The lowest BCUT2D eigenvalue weighted by Gasteiger charge is -2.09. The summed E-state index contributed by atoms with van der Waals surface area (Å²) in [5, 5.41) is 1.28. The lowest BCUT2D eigenvalue weighted by atomic mass is 10.1. The summed E-state index contributed by atoms with van der Waals surface area (Å²) in [5.41, 5.74) is 9.58. The molecule has 2 heterocycles. The van der Waals surface area contributed by atoms with Gasteiger partial charge in [0.05, 0.1) is 5.52 Å². The van der Waals surface area contributed by atoms with E-state index in [2.05, 4.69) is 52.1 Å². The van der Waals surface area contributed by atoms with Crippen molar-refractivity contribution in [2.45, 2.75) is 13.0 Å². The van der Waals surface area contributed by atoms with E-state index < -0.39 is 0 Å². The van der Waals surface area contributed by atoms with Crippen molar-refractivity contribution in [2.75, 3.05) is 6.54 Å². The molecule has 2 N–H and O–H groups in total. The van der Waals surface area contributed by atoms with Gasteiger partial charge < -0.3 is 10.3 Å². The maximum atomic E-state index is 5.71. The van der Waals surface area contributed by atoms with Gasteiger partial charge in [-0.05, 0) is 47.7 Å². The van der Waals surface area contributed by atoms with Crippen LogP contribution in [0.1, 0.15) is 11.1 Å². The highest BCUT2D eigenvalue weighted by atomic mass is 15.0. The summed E-state index contributed by atoms with van der Waals surface area (Å²) in [6.45, 7) is 1.55. The molecule has 0 unspecified atom stereocenters. The highest BCUT2D eigenvalue weighted by Gasteiger charge is 2.06. The number of para-hydroxylation sites is 1. The summed E-state index contributed by atoms with van der Waals surface area (Å²) in [5.74, 6) is 0. The highest BCUT2D eigenvalue weighted by Crippen LogP contribution is 2.21. The Morgan fingerprint density at radius 1 is 1.05 bits per heavy atom. The Kier molecular flexibility index (Phi) is 3.29. The number of pyridine rings is 1. The zero-order chi connectivity index (χ0) is 13.1. The lowest BCUT2D eigenvalue weighted by molar-refractivity contribution is 0.826. The Morgan fingerprint density at radius 3 is 2.68 bits per heavy atom. The van der Waals surface area contributed by atoms with Crippen molar-refractivity contribution in [3.05, 3.63) is 66.1 Å². The molecule has 0 saturated heterocycles. The zero-order valence-corrected chi connectivity index (χ0v) is 10.8. The lowest BCUT2D eigenvalue weighted by Crippen LogP contribution is -2.05. The van der Waals surface area contributed by atoms with Gasteiger partial charge in [-0.3, -0.25) is 4.98 Å². The van der Waals surface area contributed by atoms with E-state index in [0.29, 0.717) is 6.54 Å². The SMILES string of the molecule is NCCc1cccc2ccn(Cc3ccncc3)c12. The maximum absolute atomic E-state index is 5.71. The van der Waals surface area contributed by atoms with Gasteiger partial charge in [-0.2, -0.15) is 0 Å². The molecule has 0 aliphatic heterocycles. The van der Waals surface area contributed by atoms with Gasteiger partial charge in [0.1, 0.15) is 0 Å². The monoisotopic (exact) mass is 251 g/mol. The number of benzene rings is 1. The van der Waals surface area contributed by atoms with Crippen LogP contribution < -0.4 is 5.73 Å². The Balaban J connectivity index is 2.04. The highest BCUT2D eigenvalue weighted by molar-refractivity contribution is 5.83. The first kappa shape index (κ1) is 11.9. The summed E-state index contributed by atoms with van der Waals surface area (Å²) >= 11 is 0. The fraction of sp³-hybridized carbons (Fsp3) is 0.188. The van der Waals surface area contributed by atoms with E-state index in [1.54, 1.807) is 0 Å². The average Bonchev–Trinajstić information content (AvgIpc) is 2.85. The van der Waals surface area contributed by atoms with Crippen LogP contribution in [-0.2, 0) is 13.0 Å². The molecule has 0 radical (unpaired) electrons. The number of fused-ring (bicyclic) bond motifs is 1. The molecule has 0 saturated carbocycles. The van der Waals surface area contributed by atoms with Gasteiger partial charge in [-0.15, -0.1) is 0 Å². The average molecular weight is 251 g/mol. The van der Waals surface area contributed by atoms with Gasteiger partial charge in [-0.1, -0.05) is 18.2 Å². The van der Waals surface area contributed by atoms with Crippen molar-refractivity contribution in [2.24, 2.45) is 5.73 Å². The van der Waals surface area contributed by atoms with Crippen molar-refractivity contribution >= 4 is 10.9 Å². The quantitative estimate of drug-likeness (QED) is 0.774. The number of nitrogens with two attached hydrogens (primary N) is 1. The summed E-state index contributed by atoms with van der Waals surface area (Å²) < 4.78 is 2.29. The molecule has 0 fully saturated rings. The van der Waals surface area contributed by atoms with E-state index in [1.165, 1.54) is 22.0 Å². The van der Waals surface area contributed by atoms with Crippen molar-refractivity contribution in [3.8, 4) is 0 Å². The van der Waals surface area contributed by atoms with Crippen LogP contribution >= 0.6 is 0 Å². The van der Waals surface area contributed by atoms with E-state index in [9.17, 15) is 0 Å². The molecule has 3 heteroatoms. The van der Waals surface area contributed by atoms with Gasteiger partial charge in [0.25, 0.3) is 0 Å². The van der Waals surface area contributed by atoms with Gasteiger partial charge in [-0.25, -0.2) is 0 Å². The number of aromatic nitrogens is 2. The minimum absolute atomic E-state index is 0.680. The normalized spacial score (nSPS) is 11.0. The molecule has 2 aromatic heterocycles. The maximum Gasteiger partial charge on any atom is 0.0516 e. The molecule has 3 aromatic rings. The number of nitrogens with zero attached hydrogens (tertiary/aromatic N) is 2. The summed E-state index contributed by atoms with van der Waals surface area (Å²) in [4.78, 5) is 4.06. The molecule has 0 bridgehead atoms. The topological polar surface area (TPSA) is 43.8 Å². The number of rotatable bonds is 4. The smallest absolute Gasteiger partial charge is 0.0516 e. The van der Waals surface area contributed by atoms with Crippen LogP contribution in [-0.4, -0.2) is 16.1 Å². The Labute approximate surface area is 112 Å². The summed E-state index contributed by atoms with van der Waals surface area (Å²) in [6.07, 6.45) is 6.73. The van der Waals surface area contributed by atoms with Crippen LogP contribution in [0.2, 0.25) is 0 Å². The third-order valence-corrected chi connectivity index (χ3v) is 3.39. The molecule has 0 aliphatic rings. The van der Waals surface area contributed by atoms with Crippen LogP contribution in [0, 0.1) is 0 Å². The van der Waals surface area contributed by atoms with Crippen molar-refractivity contribution in [1.82, 2.24) is 9.55 Å². The fourth-order valence-electron chi connectivity index (χ4n) is 2.51. The summed E-state index contributed by atoms with van der Waals surface area (Å²) in [7, 11) is 0. The first-order valence-corrected chi connectivity index (χ1v) is 6.54. The van der Waals surface area contributed by atoms with Crippen molar-refractivity contribution in [3.63, 3.8) is 0 Å². The Hall–Kier alpha value is -2.13. The minimum atomic E-state index is 0.680. The van der Waals surface area contributed by atoms with Gasteiger partial charge in [0.2, 0.25) is 0 Å². The first-order chi connectivity index (χ1) is 9.38. The van der Waals surface area contributed by atoms with Crippen LogP contribution in [0.5, 0.6) is 0 Å². The third-order valence-electron chi connectivity index (χ3n) is 3.39. The van der Waals surface area contributed by atoms with Crippen molar-refractivity contribution < 1.29 is 0 Å². The Morgan fingerprint density at radius 2 is 1.89 bits per heavy atom. The second-order valence-corrected chi connectivity index (χ2v) is 4.69. The second-order valence-electron chi connectivity index (χ2n) is 4.69. The largest absolute Gasteiger partial charge is 0.343 e. The molecule has 0 atom stereocenters. The molecular formula is C16H17N3. The molecule has 0 aliphatic carbocycles. The molecule has 19 heavy (non-hydrogen) atoms. The number of hydrogen-bond acceptors (Lipinski definition) is 2. The van der Waals surface area contributed by atoms with Crippen LogP contribution in [0.4, 0.5) is 0 Å². The Bertz CT molecular complexity index is 671. The van der Waals surface area contributed by atoms with Gasteiger partial charge >= 0.3 is 0 Å². The standard InChI is InChI=1S/C16H17N3/c17-8-4-14-2-1-3-15-7-11-19(16(14)15)12-13-5-9-18-10-6-13/h1-3,5-7,9-11H,4,8,12,17H2. The molecule has 3 rings (SSSR count). The fourth-order valence-corrected chi connectivity index (χ4v) is 2.51. The van der Waals surface area contributed by atoms with E-state index in [-0.39, 0.29) is 0 Å². The first-order valence-electron chi connectivity index (χ1n) is 6.54. The molecular weight excluding hydrogens is 234 g/mol. The molecule has 3 nitrogen and oxygen atoms in total. The van der Waals surface area contributed by atoms with Gasteiger partial charge in [0.15, 0.2) is 0 Å². The van der Waals surface area contributed by atoms with E-state index in [1.807, 2.05) is 12.4 Å². The zero-order valence-electron chi connectivity index (χ0n) is 10.8. The molecule has 0 amide bonds. The number of hydrogen-bond donors (Lipinski definition) is 1. The minimum Gasteiger partial charge on any atom is -0.343 e. The van der Waals surface area contributed by atoms with Crippen LogP contribution in [0.15, 0.2) is 55.0 Å². The molecule has 0 spiro atoms. The molecule has 1 aromatic carbocycles. The van der Waals surface area contributed by atoms with Gasteiger partial charge in [0, 0.05) is 25.1 Å². The summed E-state index contributed by atoms with van der Waals surface area (Å²) in [6, 6.07) is 12.7. The third kappa shape index (κ3) is 2.37. The van der Waals surface area contributed by atoms with E-state index in [4.69, 9.17) is 5.73 Å². The predicted molar refractivity (Wildman–Crippen MR) is 78.0 cm³/mol. The second kappa shape index (κ2) is 5.24. The van der Waals surface area contributed by atoms with Crippen molar-refractivity contribution in [1.29, 1.82) is 0 Å². The predicted octanol–water partition coefficient (Wildman–Crippen LogP) is 2.59. The van der Waals surface area contributed by atoms with Crippen LogP contribution in [0.3, 0.4) is 0 Å². The molecule has 96 valence electrons. The van der Waals surface area contributed by atoms with E-state index >= 15 is 0 Å². The van der Waals surface area contributed by atoms with E-state index in [0.717, 1.165) is 13.0 Å².